The molecule has 0 spiro atoms. The molecule has 250 valence electrons. The Morgan fingerprint density at radius 3 is 2.64 bits per heavy atom. The van der Waals surface area contributed by atoms with Crippen molar-refractivity contribution in [3.05, 3.63) is 75.2 Å². The van der Waals surface area contributed by atoms with Crippen LogP contribution in [0, 0.1) is 0 Å². The van der Waals surface area contributed by atoms with Gasteiger partial charge in [0.1, 0.15) is 0 Å². The van der Waals surface area contributed by atoms with Crippen molar-refractivity contribution in [2.24, 2.45) is 0 Å². The number of allylic oxidation sites excluding steroid dienone is 1. The Hall–Kier alpha value is -2.89. The van der Waals surface area contributed by atoms with Crippen LogP contribution in [0.15, 0.2) is 53.7 Å². The number of ether oxygens (including phenoxy) is 1. The molecule has 4 aliphatic heterocycles. The number of aryl methyl sites for hydroxylation is 2. The second-order valence-electron chi connectivity index (χ2n) is 13.4. The molecular weight excluding hydrogens is 661 g/mol. The van der Waals surface area contributed by atoms with Crippen LogP contribution in [0.3, 0.4) is 0 Å². The van der Waals surface area contributed by atoms with E-state index in [-0.39, 0.29) is 29.8 Å². The normalized spacial score (nSPS) is 23.2. The Labute approximate surface area is 285 Å². The number of aliphatic carboxylic acids is 1. The topological polar surface area (TPSA) is 113 Å². The highest BCUT2D eigenvalue weighted by Crippen LogP contribution is 2.55. The fourth-order valence-electron chi connectivity index (χ4n) is 8.33. The third kappa shape index (κ3) is 5.90. The highest BCUT2D eigenvalue weighted by atomic mass is 35.5. The first kappa shape index (κ1) is 32.6. The lowest BCUT2D eigenvalue weighted by Gasteiger charge is -2.42. The van der Waals surface area contributed by atoms with Gasteiger partial charge in [-0.3, -0.25) is 9.35 Å². The van der Waals surface area contributed by atoms with Crippen molar-refractivity contribution < 1.29 is 32.2 Å². The van der Waals surface area contributed by atoms with E-state index in [9.17, 15) is 17.8 Å². The SMILES string of the molecule is CC1(CCCCS(=O)(=O)O)C2=C3C=C4c5n(CCCCCC(=O)O)c6cc(Cl)c(Cl)cc6[n+]5CCC4OC3CCN2c2ccccc21. The number of carboxylic acid groups (broad SMARTS) is 1. The molecule has 3 atom stereocenters. The molecule has 0 fully saturated rings. The maximum atomic E-state index is 11.5. The number of carbonyl (C=O) groups is 1. The average Bonchev–Trinajstić information content (AvgIpc) is 3.47. The van der Waals surface area contributed by atoms with Crippen LogP contribution >= 0.6 is 23.2 Å². The number of aromatic nitrogens is 2. The van der Waals surface area contributed by atoms with E-state index >= 15 is 0 Å². The highest BCUT2D eigenvalue weighted by molar-refractivity contribution is 7.85. The molecule has 0 radical (unpaired) electrons. The highest BCUT2D eigenvalue weighted by Gasteiger charge is 2.50. The predicted octanol–water partition coefficient (Wildman–Crippen LogP) is 6.93. The van der Waals surface area contributed by atoms with Crippen LogP contribution in [0.4, 0.5) is 5.69 Å². The van der Waals surface area contributed by atoms with Crippen LogP contribution in [-0.2, 0) is 38.2 Å². The summed E-state index contributed by atoms with van der Waals surface area (Å²) in [6, 6.07) is 12.4. The van der Waals surface area contributed by atoms with Crippen molar-refractivity contribution >= 4 is 61.6 Å². The number of nitrogens with zero attached hydrogens (tertiary/aromatic N) is 3. The molecule has 7 rings (SSSR count). The smallest absolute Gasteiger partial charge is 0.303 e. The second-order valence-corrected chi connectivity index (χ2v) is 15.8. The number of anilines is 1. The molecule has 0 amide bonds. The lowest BCUT2D eigenvalue weighted by atomic mass is 9.74. The second kappa shape index (κ2) is 12.5. The van der Waals surface area contributed by atoms with Crippen molar-refractivity contribution in [3.63, 3.8) is 0 Å². The molecule has 1 aromatic heterocycles. The predicted molar refractivity (Wildman–Crippen MR) is 183 cm³/mol. The number of hydrogen-bond acceptors (Lipinski definition) is 5. The number of fused-ring (bicyclic) bond motifs is 9. The minimum atomic E-state index is -4.02. The summed E-state index contributed by atoms with van der Waals surface area (Å²) in [6.45, 7) is 4.58. The molecule has 4 aliphatic rings. The van der Waals surface area contributed by atoms with Gasteiger partial charge < -0.3 is 14.7 Å². The summed E-state index contributed by atoms with van der Waals surface area (Å²) < 4.78 is 43.9. The fraction of sp³-hybridized carbons (Fsp3) is 0.486. The molecule has 2 N–H and O–H groups in total. The van der Waals surface area contributed by atoms with Gasteiger partial charge in [-0.1, -0.05) is 47.8 Å². The quantitative estimate of drug-likeness (QED) is 0.127. The van der Waals surface area contributed by atoms with E-state index in [1.54, 1.807) is 0 Å². The van der Waals surface area contributed by atoms with Gasteiger partial charge in [0.2, 0.25) is 0 Å². The Balaban J connectivity index is 1.34. The van der Waals surface area contributed by atoms with Crippen molar-refractivity contribution in [2.75, 3.05) is 17.2 Å². The van der Waals surface area contributed by atoms with Crippen molar-refractivity contribution in [1.29, 1.82) is 0 Å². The van der Waals surface area contributed by atoms with Gasteiger partial charge in [0.15, 0.2) is 11.0 Å². The van der Waals surface area contributed by atoms with E-state index in [2.05, 4.69) is 51.3 Å². The van der Waals surface area contributed by atoms with Gasteiger partial charge in [-0.15, -0.1) is 0 Å². The number of para-hydroxylation sites is 1. The summed E-state index contributed by atoms with van der Waals surface area (Å²) in [6.07, 6.45) is 8.12. The standard InChI is InChI=1S/C35H39Cl2N3O6S/c1-35(14-6-8-18-47(43,44)45)24-9-4-5-10-27(24)38-16-12-30-22(33(35)38)19-23-31(46-30)13-17-40-29-21-26(37)25(36)20-28(29)39(34(23)40)15-7-2-3-11-32(41)42/h4-5,9-10,19-21,30-31H,2-3,6-8,11-18H2,1H3,(H-,41,42,43,44,45)/p+1. The largest absolute Gasteiger partial charge is 0.481 e. The molecule has 0 aliphatic carbocycles. The average molecular weight is 702 g/mol. The first-order chi connectivity index (χ1) is 22.5. The molecular formula is C35H40Cl2N3O6S+. The van der Waals surface area contributed by atoms with Crippen LogP contribution in [0.2, 0.25) is 10.0 Å². The molecule has 0 saturated carbocycles. The maximum absolute atomic E-state index is 11.5. The number of benzene rings is 2. The van der Waals surface area contributed by atoms with Gasteiger partial charge >= 0.3 is 5.97 Å². The van der Waals surface area contributed by atoms with E-state index in [4.69, 9.17) is 33.0 Å². The summed E-state index contributed by atoms with van der Waals surface area (Å²) in [4.78, 5) is 13.5. The van der Waals surface area contributed by atoms with E-state index < -0.39 is 16.1 Å². The molecule has 12 heteroatoms. The summed E-state index contributed by atoms with van der Waals surface area (Å²) in [5, 5.41) is 10.1. The summed E-state index contributed by atoms with van der Waals surface area (Å²) >= 11 is 13.1. The van der Waals surface area contributed by atoms with Gasteiger partial charge in [-0.2, -0.15) is 8.42 Å². The van der Waals surface area contributed by atoms with Gasteiger partial charge in [0.05, 0.1) is 46.7 Å². The number of halogens is 2. The molecule has 0 saturated heterocycles. The zero-order valence-corrected chi connectivity index (χ0v) is 28.8. The molecule has 3 aromatic rings. The van der Waals surface area contributed by atoms with Crippen LogP contribution in [0.25, 0.3) is 16.6 Å². The molecule has 9 nitrogen and oxygen atoms in total. The number of imidazole rings is 1. The number of rotatable bonds is 11. The molecule has 3 unspecified atom stereocenters. The molecule has 2 aromatic carbocycles. The van der Waals surface area contributed by atoms with E-state index in [1.165, 1.54) is 22.5 Å². The summed E-state index contributed by atoms with van der Waals surface area (Å²) in [7, 11) is -4.02. The van der Waals surface area contributed by atoms with Gasteiger partial charge in [0.25, 0.3) is 15.9 Å². The first-order valence-electron chi connectivity index (χ1n) is 16.5. The Morgan fingerprint density at radius 1 is 1.06 bits per heavy atom. The van der Waals surface area contributed by atoms with Crippen molar-refractivity contribution in [2.45, 2.75) is 95.4 Å². The van der Waals surface area contributed by atoms with Crippen LogP contribution in [0.1, 0.15) is 76.1 Å². The lowest BCUT2D eigenvalue weighted by molar-refractivity contribution is -0.679. The fourth-order valence-corrected chi connectivity index (χ4v) is 9.22. The molecule has 5 heterocycles. The third-order valence-electron chi connectivity index (χ3n) is 10.4. The number of unbranched alkanes of at least 4 members (excludes halogenated alkanes) is 3. The molecule has 0 bridgehead atoms. The molecule has 47 heavy (non-hydrogen) atoms. The zero-order chi connectivity index (χ0) is 33.1. The lowest BCUT2D eigenvalue weighted by Crippen LogP contribution is -2.49. The van der Waals surface area contributed by atoms with E-state index in [1.807, 2.05) is 12.1 Å². The maximum Gasteiger partial charge on any atom is 0.303 e. The third-order valence-corrected chi connectivity index (χ3v) is 11.9. The van der Waals surface area contributed by atoms with Gasteiger partial charge in [-0.25, -0.2) is 9.13 Å². The van der Waals surface area contributed by atoms with Crippen molar-refractivity contribution in [1.82, 2.24) is 4.57 Å². The van der Waals surface area contributed by atoms with Crippen LogP contribution in [-0.4, -0.2) is 53.1 Å². The van der Waals surface area contributed by atoms with Crippen molar-refractivity contribution in [3.8, 4) is 0 Å². The number of hydrogen-bond donors (Lipinski definition) is 2. The van der Waals surface area contributed by atoms with Gasteiger partial charge in [-0.05, 0) is 63.2 Å². The van der Waals surface area contributed by atoms with Crippen LogP contribution < -0.4 is 9.47 Å². The summed E-state index contributed by atoms with van der Waals surface area (Å²) in [5.41, 5.74) is 7.57. The minimum absolute atomic E-state index is 0.0502. The van der Waals surface area contributed by atoms with E-state index in [0.29, 0.717) is 35.9 Å². The van der Waals surface area contributed by atoms with Gasteiger partial charge in [0, 0.05) is 53.9 Å². The zero-order valence-electron chi connectivity index (χ0n) is 26.4. The number of carboxylic acids is 1. The van der Waals surface area contributed by atoms with Crippen LogP contribution in [0.5, 0.6) is 0 Å². The Morgan fingerprint density at radius 2 is 1.85 bits per heavy atom. The van der Waals surface area contributed by atoms with E-state index in [0.717, 1.165) is 67.6 Å². The Kier molecular flexibility index (Phi) is 8.70. The first-order valence-corrected chi connectivity index (χ1v) is 18.9. The monoisotopic (exact) mass is 700 g/mol. The Bertz CT molecular complexity index is 1940. The summed E-state index contributed by atoms with van der Waals surface area (Å²) in [5.74, 6) is 0.0530. The minimum Gasteiger partial charge on any atom is -0.481 e.